The van der Waals surface area contributed by atoms with Crippen molar-refractivity contribution in [3.8, 4) is 0 Å². The Bertz CT molecular complexity index is 1010. The molecule has 3 aromatic rings. The molecular weight excluding hydrogens is 364 g/mol. The molecule has 3 rings (SSSR count). The topological polar surface area (TPSA) is 84.0 Å². The van der Waals surface area contributed by atoms with Crippen LogP contribution in [0.15, 0.2) is 67.1 Å². The normalized spacial score (nSPS) is 11.0. The molecule has 2 heterocycles. The second-order valence-corrected chi connectivity index (χ2v) is 7.72. The van der Waals surface area contributed by atoms with Crippen LogP contribution < -0.4 is 10.6 Å². The lowest BCUT2D eigenvalue weighted by Crippen LogP contribution is -2.24. The number of pyridine rings is 2. The summed E-state index contributed by atoms with van der Waals surface area (Å²) in [5, 5.41) is 5.72. The average molecular weight is 388 g/mol. The molecule has 1 aromatic carbocycles. The molecule has 0 fully saturated rings. The predicted octanol–water partition coefficient (Wildman–Crippen LogP) is 3.96. The lowest BCUT2D eigenvalue weighted by Gasteiger charge is -2.23. The van der Waals surface area contributed by atoms with Gasteiger partial charge in [-0.05, 0) is 35.2 Å². The van der Waals surface area contributed by atoms with Crippen LogP contribution in [0.3, 0.4) is 0 Å². The van der Waals surface area contributed by atoms with E-state index in [9.17, 15) is 9.59 Å². The average Bonchev–Trinajstić information content (AvgIpc) is 2.72. The molecule has 148 valence electrons. The third-order valence-electron chi connectivity index (χ3n) is 4.40. The van der Waals surface area contributed by atoms with Gasteiger partial charge in [0.05, 0.1) is 23.4 Å². The monoisotopic (exact) mass is 388 g/mol. The zero-order chi connectivity index (χ0) is 20.9. The molecule has 0 saturated heterocycles. The molecule has 0 aliphatic rings. The van der Waals surface area contributed by atoms with E-state index >= 15 is 0 Å². The standard InChI is InChI=1S/C23H24N4O2/c1-23(2,3)19-9-4-5-10-20(19)27-22(29)17-12-16(13-24-14-17)21(28)26-15-18-8-6-7-11-25-18/h4-14H,15H2,1-3H3,(H,26,28)(H,27,29). The first-order valence-corrected chi connectivity index (χ1v) is 9.38. The highest BCUT2D eigenvalue weighted by atomic mass is 16.2. The molecule has 0 bridgehead atoms. The first-order valence-electron chi connectivity index (χ1n) is 9.38. The molecule has 0 spiro atoms. The van der Waals surface area contributed by atoms with Crippen molar-refractivity contribution in [2.24, 2.45) is 0 Å². The van der Waals surface area contributed by atoms with Gasteiger partial charge in [0.2, 0.25) is 0 Å². The molecule has 0 aliphatic heterocycles. The van der Waals surface area contributed by atoms with Crippen molar-refractivity contribution < 1.29 is 9.59 Å². The number of hydrogen-bond acceptors (Lipinski definition) is 4. The largest absolute Gasteiger partial charge is 0.346 e. The van der Waals surface area contributed by atoms with Crippen molar-refractivity contribution in [3.05, 3.63) is 89.5 Å². The number of carbonyl (C=O) groups excluding carboxylic acids is 2. The second-order valence-electron chi connectivity index (χ2n) is 7.72. The number of anilines is 1. The summed E-state index contributed by atoms with van der Waals surface area (Å²) in [6, 6.07) is 14.7. The molecule has 29 heavy (non-hydrogen) atoms. The maximum atomic E-state index is 12.8. The van der Waals surface area contributed by atoms with E-state index in [1.807, 2.05) is 42.5 Å². The second kappa shape index (κ2) is 8.65. The van der Waals surface area contributed by atoms with E-state index in [0.29, 0.717) is 17.7 Å². The highest BCUT2D eigenvalue weighted by molar-refractivity contribution is 6.06. The van der Waals surface area contributed by atoms with Crippen LogP contribution in [0.25, 0.3) is 0 Å². The highest BCUT2D eigenvalue weighted by Crippen LogP contribution is 2.29. The summed E-state index contributed by atoms with van der Waals surface area (Å²) in [5.41, 5.74) is 3.05. The fraction of sp³-hybridized carbons (Fsp3) is 0.217. The summed E-state index contributed by atoms with van der Waals surface area (Å²) in [6.45, 7) is 6.57. The van der Waals surface area contributed by atoms with Crippen LogP contribution in [0.5, 0.6) is 0 Å². The molecular formula is C23H24N4O2. The summed E-state index contributed by atoms with van der Waals surface area (Å²) >= 11 is 0. The molecule has 0 radical (unpaired) electrons. The summed E-state index contributed by atoms with van der Waals surface area (Å²) in [7, 11) is 0. The summed E-state index contributed by atoms with van der Waals surface area (Å²) < 4.78 is 0. The zero-order valence-electron chi connectivity index (χ0n) is 16.8. The number of rotatable bonds is 5. The minimum Gasteiger partial charge on any atom is -0.346 e. The van der Waals surface area contributed by atoms with E-state index in [2.05, 4.69) is 41.4 Å². The Morgan fingerprint density at radius 1 is 0.931 bits per heavy atom. The predicted molar refractivity (Wildman–Crippen MR) is 113 cm³/mol. The molecule has 0 unspecified atom stereocenters. The summed E-state index contributed by atoms with van der Waals surface area (Å²) in [4.78, 5) is 33.4. The number of aromatic nitrogens is 2. The minimum atomic E-state index is -0.312. The van der Waals surface area contributed by atoms with Gasteiger partial charge in [0.25, 0.3) is 11.8 Å². The van der Waals surface area contributed by atoms with E-state index < -0.39 is 0 Å². The molecule has 0 saturated carbocycles. The number of carbonyl (C=O) groups is 2. The number of hydrogen-bond donors (Lipinski definition) is 2. The SMILES string of the molecule is CC(C)(C)c1ccccc1NC(=O)c1cncc(C(=O)NCc2ccccn2)c1. The maximum Gasteiger partial charge on any atom is 0.257 e. The van der Waals surface area contributed by atoms with Gasteiger partial charge in [-0.3, -0.25) is 19.6 Å². The van der Waals surface area contributed by atoms with Crippen molar-refractivity contribution in [2.45, 2.75) is 32.7 Å². The fourth-order valence-electron chi connectivity index (χ4n) is 2.90. The Morgan fingerprint density at radius 3 is 2.31 bits per heavy atom. The van der Waals surface area contributed by atoms with Crippen LogP contribution in [-0.2, 0) is 12.0 Å². The Kier molecular flexibility index (Phi) is 6.02. The van der Waals surface area contributed by atoms with Gasteiger partial charge < -0.3 is 10.6 Å². The molecule has 6 nitrogen and oxygen atoms in total. The number of benzene rings is 1. The zero-order valence-corrected chi connectivity index (χ0v) is 16.8. The summed E-state index contributed by atoms with van der Waals surface area (Å²) in [5.74, 6) is -0.624. The van der Waals surface area contributed by atoms with Gasteiger partial charge in [0.1, 0.15) is 0 Å². The van der Waals surface area contributed by atoms with E-state index in [4.69, 9.17) is 0 Å². The Hall–Kier alpha value is -3.54. The van der Waals surface area contributed by atoms with E-state index in [1.54, 1.807) is 6.20 Å². The number of amides is 2. The molecule has 2 amide bonds. The molecule has 2 N–H and O–H groups in total. The van der Waals surface area contributed by atoms with Gasteiger partial charge in [0.15, 0.2) is 0 Å². The van der Waals surface area contributed by atoms with Crippen molar-refractivity contribution in [2.75, 3.05) is 5.32 Å². The Labute approximate surface area is 170 Å². The van der Waals surface area contributed by atoms with E-state index in [-0.39, 0.29) is 17.2 Å². The van der Waals surface area contributed by atoms with E-state index in [1.165, 1.54) is 18.5 Å². The van der Waals surface area contributed by atoms with Gasteiger partial charge in [-0.15, -0.1) is 0 Å². The van der Waals surface area contributed by atoms with Gasteiger partial charge in [-0.25, -0.2) is 0 Å². The molecule has 0 atom stereocenters. The van der Waals surface area contributed by atoms with Gasteiger partial charge in [0, 0.05) is 24.3 Å². The van der Waals surface area contributed by atoms with Crippen LogP contribution in [0.1, 0.15) is 52.7 Å². The quantitative estimate of drug-likeness (QED) is 0.693. The number of para-hydroxylation sites is 1. The highest BCUT2D eigenvalue weighted by Gasteiger charge is 2.19. The van der Waals surface area contributed by atoms with Crippen molar-refractivity contribution in [1.29, 1.82) is 0 Å². The lowest BCUT2D eigenvalue weighted by atomic mass is 9.86. The summed E-state index contributed by atoms with van der Waals surface area (Å²) in [6.07, 6.45) is 4.56. The molecule has 0 aliphatic carbocycles. The smallest absolute Gasteiger partial charge is 0.257 e. The lowest BCUT2D eigenvalue weighted by molar-refractivity contribution is 0.0950. The third-order valence-corrected chi connectivity index (χ3v) is 4.40. The van der Waals surface area contributed by atoms with Gasteiger partial charge in [-0.1, -0.05) is 45.0 Å². The Balaban J connectivity index is 1.72. The van der Waals surface area contributed by atoms with Crippen LogP contribution >= 0.6 is 0 Å². The van der Waals surface area contributed by atoms with Crippen LogP contribution in [0, 0.1) is 0 Å². The number of nitrogens with one attached hydrogen (secondary N) is 2. The minimum absolute atomic E-state index is 0.116. The van der Waals surface area contributed by atoms with Crippen molar-refractivity contribution in [1.82, 2.24) is 15.3 Å². The van der Waals surface area contributed by atoms with Crippen LogP contribution in [-0.4, -0.2) is 21.8 Å². The van der Waals surface area contributed by atoms with Crippen LogP contribution in [0.2, 0.25) is 0 Å². The molecule has 2 aromatic heterocycles. The van der Waals surface area contributed by atoms with E-state index in [0.717, 1.165) is 16.9 Å². The van der Waals surface area contributed by atoms with Crippen molar-refractivity contribution in [3.63, 3.8) is 0 Å². The van der Waals surface area contributed by atoms with Crippen LogP contribution in [0.4, 0.5) is 5.69 Å². The first kappa shape index (κ1) is 20.2. The third kappa shape index (κ3) is 5.25. The van der Waals surface area contributed by atoms with Gasteiger partial charge in [-0.2, -0.15) is 0 Å². The van der Waals surface area contributed by atoms with Gasteiger partial charge >= 0.3 is 0 Å². The Morgan fingerprint density at radius 2 is 1.62 bits per heavy atom. The van der Waals surface area contributed by atoms with Crippen molar-refractivity contribution >= 4 is 17.5 Å². The first-order chi connectivity index (χ1) is 13.8. The number of nitrogens with zero attached hydrogens (tertiary/aromatic N) is 2. The molecule has 6 heteroatoms. The maximum absolute atomic E-state index is 12.8. The fourth-order valence-corrected chi connectivity index (χ4v) is 2.90.